The second-order valence-electron chi connectivity index (χ2n) is 5.43. The third-order valence-corrected chi connectivity index (χ3v) is 4.23. The van der Waals surface area contributed by atoms with E-state index < -0.39 is 5.97 Å². The standard InChI is InChI=1S/C15H21ClN2O2/c1-2-12(10-6-4-3-5-7-10)17-14-9-11(15(19)20)8-13(16)18-14/h8-10,12H,2-7H2,1H3,(H,17,18)(H,19,20). The van der Waals surface area contributed by atoms with Crippen molar-refractivity contribution in [1.82, 2.24) is 4.98 Å². The van der Waals surface area contributed by atoms with Gasteiger partial charge >= 0.3 is 5.97 Å². The van der Waals surface area contributed by atoms with Crippen molar-refractivity contribution in [2.45, 2.75) is 51.5 Å². The van der Waals surface area contributed by atoms with Crippen molar-refractivity contribution in [2.75, 3.05) is 5.32 Å². The van der Waals surface area contributed by atoms with E-state index in [9.17, 15) is 4.79 Å². The molecule has 1 heterocycles. The fraction of sp³-hybridized carbons (Fsp3) is 0.600. The summed E-state index contributed by atoms with van der Waals surface area (Å²) in [6, 6.07) is 3.26. The molecule has 0 aliphatic heterocycles. The van der Waals surface area contributed by atoms with Gasteiger partial charge in [0.1, 0.15) is 11.0 Å². The summed E-state index contributed by atoms with van der Waals surface area (Å²) in [5, 5.41) is 12.6. The minimum absolute atomic E-state index is 0.172. The monoisotopic (exact) mass is 296 g/mol. The van der Waals surface area contributed by atoms with Crippen LogP contribution in [0.15, 0.2) is 12.1 Å². The van der Waals surface area contributed by atoms with E-state index in [0.717, 1.165) is 6.42 Å². The number of nitrogens with one attached hydrogen (secondary N) is 1. The van der Waals surface area contributed by atoms with Crippen molar-refractivity contribution in [3.63, 3.8) is 0 Å². The summed E-state index contributed by atoms with van der Waals surface area (Å²) in [6.45, 7) is 2.15. The van der Waals surface area contributed by atoms with Crippen molar-refractivity contribution in [2.24, 2.45) is 5.92 Å². The molecule has 2 N–H and O–H groups in total. The van der Waals surface area contributed by atoms with Crippen molar-refractivity contribution in [3.8, 4) is 0 Å². The Morgan fingerprint density at radius 1 is 1.45 bits per heavy atom. The van der Waals surface area contributed by atoms with E-state index in [1.54, 1.807) is 6.07 Å². The summed E-state index contributed by atoms with van der Waals surface area (Å²) < 4.78 is 0. The molecule has 4 nitrogen and oxygen atoms in total. The van der Waals surface area contributed by atoms with Gasteiger partial charge in [-0.05, 0) is 37.3 Å². The molecule has 2 rings (SSSR count). The van der Waals surface area contributed by atoms with Crippen LogP contribution in [0.25, 0.3) is 0 Å². The molecule has 1 atom stereocenters. The molecule has 1 fully saturated rings. The van der Waals surface area contributed by atoms with Gasteiger partial charge in [0.2, 0.25) is 0 Å². The molecule has 0 saturated heterocycles. The molecule has 0 bridgehead atoms. The van der Waals surface area contributed by atoms with Gasteiger partial charge in [0, 0.05) is 6.04 Å². The lowest BCUT2D eigenvalue weighted by Crippen LogP contribution is -2.30. The average molecular weight is 297 g/mol. The van der Waals surface area contributed by atoms with Gasteiger partial charge in [-0.25, -0.2) is 9.78 Å². The number of aromatic carboxylic acids is 1. The Morgan fingerprint density at radius 3 is 2.75 bits per heavy atom. The zero-order chi connectivity index (χ0) is 14.5. The topological polar surface area (TPSA) is 62.2 Å². The quantitative estimate of drug-likeness (QED) is 0.799. The summed E-state index contributed by atoms with van der Waals surface area (Å²) in [5.41, 5.74) is 0.172. The highest BCUT2D eigenvalue weighted by atomic mass is 35.5. The average Bonchev–Trinajstić information content (AvgIpc) is 2.45. The van der Waals surface area contributed by atoms with E-state index in [4.69, 9.17) is 16.7 Å². The lowest BCUT2D eigenvalue weighted by Gasteiger charge is -2.30. The Hall–Kier alpha value is -1.29. The smallest absolute Gasteiger partial charge is 0.335 e. The zero-order valence-electron chi connectivity index (χ0n) is 11.7. The maximum atomic E-state index is 11.0. The molecule has 0 spiro atoms. The second kappa shape index (κ2) is 6.93. The van der Waals surface area contributed by atoms with Gasteiger partial charge in [0.15, 0.2) is 0 Å². The summed E-state index contributed by atoms with van der Waals surface area (Å²) in [4.78, 5) is 15.2. The second-order valence-corrected chi connectivity index (χ2v) is 5.81. The molecule has 0 aromatic carbocycles. The summed E-state index contributed by atoms with van der Waals surface area (Å²) in [7, 11) is 0. The molecule has 1 unspecified atom stereocenters. The highest BCUT2D eigenvalue weighted by Gasteiger charge is 2.22. The summed E-state index contributed by atoms with van der Waals surface area (Å²) in [6.07, 6.45) is 7.36. The normalized spacial score (nSPS) is 17.7. The minimum atomic E-state index is -0.983. The first-order valence-electron chi connectivity index (χ1n) is 7.27. The van der Waals surface area contributed by atoms with E-state index in [-0.39, 0.29) is 10.7 Å². The van der Waals surface area contributed by atoms with Crippen LogP contribution in [0.1, 0.15) is 55.8 Å². The zero-order valence-corrected chi connectivity index (χ0v) is 12.5. The number of hydrogen-bond donors (Lipinski definition) is 2. The van der Waals surface area contributed by atoms with Crippen molar-refractivity contribution in [1.29, 1.82) is 0 Å². The van der Waals surface area contributed by atoms with Crippen LogP contribution in [0.3, 0.4) is 0 Å². The van der Waals surface area contributed by atoms with Crippen LogP contribution in [0, 0.1) is 5.92 Å². The highest BCUT2D eigenvalue weighted by molar-refractivity contribution is 6.29. The number of anilines is 1. The van der Waals surface area contributed by atoms with Gasteiger partial charge in [0.25, 0.3) is 0 Å². The molecule has 0 amide bonds. The van der Waals surface area contributed by atoms with E-state index in [1.165, 1.54) is 38.2 Å². The number of halogens is 1. The van der Waals surface area contributed by atoms with Gasteiger partial charge in [-0.15, -0.1) is 0 Å². The van der Waals surface area contributed by atoms with Gasteiger partial charge in [-0.3, -0.25) is 0 Å². The molecule has 1 aromatic heterocycles. The Kier molecular flexibility index (Phi) is 5.24. The lowest BCUT2D eigenvalue weighted by atomic mass is 9.83. The first kappa shape index (κ1) is 15.1. The number of carboxylic acid groups (broad SMARTS) is 1. The van der Waals surface area contributed by atoms with Crippen LogP contribution in [0.5, 0.6) is 0 Å². The number of aromatic nitrogens is 1. The maximum absolute atomic E-state index is 11.0. The predicted octanol–water partition coefficient (Wildman–Crippen LogP) is 4.20. The summed E-state index contributed by atoms with van der Waals surface area (Å²) >= 11 is 5.89. The lowest BCUT2D eigenvalue weighted by molar-refractivity contribution is 0.0697. The molecular formula is C15H21ClN2O2. The highest BCUT2D eigenvalue weighted by Crippen LogP contribution is 2.29. The van der Waals surface area contributed by atoms with E-state index in [1.807, 2.05) is 0 Å². The number of rotatable bonds is 5. The largest absolute Gasteiger partial charge is 0.478 e. The first-order valence-corrected chi connectivity index (χ1v) is 7.65. The number of carboxylic acids is 1. The molecule has 1 saturated carbocycles. The maximum Gasteiger partial charge on any atom is 0.335 e. The van der Waals surface area contributed by atoms with Gasteiger partial charge < -0.3 is 10.4 Å². The van der Waals surface area contributed by atoms with Crippen LogP contribution >= 0.6 is 11.6 Å². The number of pyridine rings is 1. The first-order chi connectivity index (χ1) is 9.60. The number of nitrogens with zero attached hydrogens (tertiary/aromatic N) is 1. The predicted molar refractivity (Wildman–Crippen MR) is 80.5 cm³/mol. The van der Waals surface area contributed by atoms with Crippen LogP contribution < -0.4 is 5.32 Å². The van der Waals surface area contributed by atoms with Crippen molar-refractivity contribution >= 4 is 23.4 Å². The minimum Gasteiger partial charge on any atom is -0.478 e. The Balaban J connectivity index is 2.12. The molecule has 1 aliphatic rings. The molecule has 20 heavy (non-hydrogen) atoms. The van der Waals surface area contributed by atoms with Crippen LogP contribution in [0.2, 0.25) is 5.15 Å². The van der Waals surface area contributed by atoms with E-state index in [0.29, 0.717) is 17.8 Å². The number of hydrogen-bond acceptors (Lipinski definition) is 3. The van der Waals surface area contributed by atoms with E-state index in [2.05, 4.69) is 17.2 Å². The fourth-order valence-corrected chi connectivity index (χ4v) is 3.18. The molecule has 1 aliphatic carbocycles. The molecule has 0 radical (unpaired) electrons. The molecule has 5 heteroatoms. The third kappa shape index (κ3) is 3.85. The Labute approximate surface area is 124 Å². The van der Waals surface area contributed by atoms with Gasteiger partial charge in [-0.1, -0.05) is 37.8 Å². The Bertz CT molecular complexity index is 473. The molecular weight excluding hydrogens is 276 g/mol. The third-order valence-electron chi connectivity index (χ3n) is 4.03. The van der Waals surface area contributed by atoms with Crippen molar-refractivity contribution < 1.29 is 9.90 Å². The summed E-state index contributed by atoms with van der Waals surface area (Å²) in [5.74, 6) is 0.221. The van der Waals surface area contributed by atoms with E-state index >= 15 is 0 Å². The van der Waals surface area contributed by atoms with Crippen molar-refractivity contribution in [3.05, 3.63) is 22.8 Å². The SMILES string of the molecule is CCC(Nc1cc(C(=O)O)cc(Cl)n1)C1CCCCC1. The molecule has 1 aromatic rings. The Morgan fingerprint density at radius 2 is 2.15 bits per heavy atom. The van der Waals surface area contributed by atoms with Crippen LogP contribution in [-0.2, 0) is 0 Å². The van der Waals surface area contributed by atoms with Crippen LogP contribution in [-0.4, -0.2) is 22.1 Å². The fourth-order valence-electron chi connectivity index (χ4n) is 2.97. The van der Waals surface area contributed by atoms with Crippen LogP contribution in [0.4, 0.5) is 5.82 Å². The molecule has 110 valence electrons. The van der Waals surface area contributed by atoms with Gasteiger partial charge in [0.05, 0.1) is 5.56 Å². The van der Waals surface area contributed by atoms with Gasteiger partial charge in [-0.2, -0.15) is 0 Å². The number of carbonyl (C=O) groups is 1.